The highest BCUT2D eigenvalue weighted by molar-refractivity contribution is 6.09. The van der Waals surface area contributed by atoms with Gasteiger partial charge in [0.25, 0.3) is 11.5 Å². The summed E-state index contributed by atoms with van der Waals surface area (Å²) < 4.78 is 5.58. The Hall–Kier alpha value is -4.51. The van der Waals surface area contributed by atoms with Gasteiger partial charge in [0.15, 0.2) is 12.1 Å². The molecule has 0 unspecified atom stereocenters. The smallest absolute Gasteiger partial charge is 0.275 e. The van der Waals surface area contributed by atoms with E-state index in [1.54, 1.807) is 36.6 Å². The molecule has 0 saturated heterocycles. The average molecular weight is 567 g/mol. The zero-order chi connectivity index (χ0) is 29.3. The van der Waals surface area contributed by atoms with E-state index in [1.807, 2.05) is 16.8 Å². The number of anilines is 3. The summed E-state index contributed by atoms with van der Waals surface area (Å²) >= 11 is 0. The Morgan fingerprint density at radius 2 is 1.83 bits per heavy atom. The number of aldehydes is 1. The minimum Gasteiger partial charge on any atom is -0.339 e. The number of carbonyl (C=O) groups excluding carboxylic acids is 2. The van der Waals surface area contributed by atoms with Crippen molar-refractivity contribution < 1.29 is 9.59 Å². The molecule has 216 valence electrons. The molecule has 0 bridgehead atoms. The zero-order valence-electron chi connectivity index (χ0n) is 24.3. The van der Waals surface area contributed by atoms with Crippen LogP contribution < -0.4 is 15.8 Å². The highest BCUT2D eigenvalue weighted by atomic mass is 16.2. The highest BCUT2D eigenvalue weighted by Crippen LogP contribution is 2.40. The van der Waals surface area contributed by atoms with E-state index in [9.17, 15) is 14.4 Å². The first kappa shape index (κ1) is 26.4. The van der Waals surface area contributed by atoms with Gasteiger partial charge in [0.05, 0.1) is 24.1 Å². The van der Waals surface area contributed by atoms with E-state index in [-0.39, 0.29) is 16.9 Å². The topological polar surface area (TPSA) is 110 Å². The van der Waals surface area contributed by atoms with Gasteiger partial charge in [-0.3, -0.25) is 28.9 Å². The van der Waals surface area contributed by atoms with E-state index in [0.717, 1.165) is 44.5 Å². The van der Waals surface area contributed by atoms with Crippen LogP contribution in [0.2, 0.25) is 0 Å². The molecule has 7 rings (SSSR count). The molecule has 0 atom stereocenters. The number of aromatic nitrogens is 5. The first-order valence-corrected chi connectivity index (χ1v) is 14.3. The van der Waals surface area contributed by atoms with Gasteiger partial charge in [-0.2, -0.15) is 5.10 Å². The third-order valence-electron chi connectivity index (χ3n) is 8.75. The largest absolute Gasteiger partial charge is 0.339 e. The molecule has 1 aliphatic carbocycles. The first-order valence-electron chi connectivity index (χ1n) is 14.3. The maximum atomic E-state index is 13.8. The number of carbonyl (C=O) groups is 2. The van der Waals surface area contributed by atoms with Crippen molar-refractivity contribution in [3.8, 4) is 11.1 Å². The summed E-state index contributed by atoms with van der Waals surface area (Å²) in [5.41, 5.74) is 6.55. The molecule has 1 amide bonds. The molecule has 6 heterocycles. The molecule has 4 aromatic rings. The molecule has 2 aliphatic heterocycles. The molecule has 11 nitrogen and oxygen atoms in total. The van der Waals surface area contributed by atoms with Gasteiger partial charge >= 0.3 is 0 Å². The lowest BCUT2D eigenvalue weighted by molar-refractivity contribution is 0.0964. The summed E-state index contributed by atoms with van der Waals surface area (Å²) in [6, 6.07) is 5.69. The fraction of sp³-hybridized carbons (Fsp3) is 0.387. The Balaban J connectivity index is 1.23. The van der Waals surface area contributed by atoms with Crippen LogP contribution in [0.4, 0.5) is 17.2 Å². The second-order valence-electron chi connectivity index (χ2n) is 12.5. The lowest BCUT2D eigenvalue weighted by Gasteiger charge is -2.31. The van der Waals surface area contributed by atoms with E-state index in [1.165, 1.54) is 15.8 Å². The molecule has 0 spiro atoms. The second kappa shape index (κ2) is 9.52. The van der Waals surface area contributed by atoms with Crippen molar-refractivity contribution >= 4 is 29.4 Å². The number of amides is 1. The molecular formula is C31H34N8O3. The molecule has 42 heavy (non-hydrogen) atoms. The molecule has 0 aromatic carbocycles. The lowest BCUT2D eigenvalue weighted by atomic mass is 9.90. The van der Waals surface area contributed by atoms with Crippen LogP contribution in [0.5, 0.6) is 0 Å². The molecule has 0 radical (unpaired) electrons. The Morgan fingerprint density at radius 1 is 1.00 bits per heavy atom. The van der Waals surface area contributed by atoms with Crippen LogP contribution in [0.15, 0.2) is 41.6 Å². The number of likely N-dealkylation sites (N-methyl/N-ethyl adjacent to an activating group) is 1. The monoisotopic (exact) mass is 566 g/mol. The summed E-state index contributed by atoms with van der Waals surface area (Å²) in [7, 11) is 3.74. The Bertz CT molecular complexity index is 1830. The summed E-state index contributed by atoms with van der Waals surface area (Å²) in [5, 5.41) is 7.82. The predicted molar refractivity (Wildman–Crippen MR) is 159 cm³/mol. The van der Waals surface area contributed by atoms with Crippen LogP contribution >= 0.6 is 0 Å². The standard InChI is InChI=1S/C31H34N8O3/c1-31(2)12-19-10-25-30(42)38(7-6-37(25)26(19)13-31)27-15-32-14-22(23(27)18-40)20-9-24(29(41)36(4)16-20)33-28-11-21-17-35(3)5-8-39(21)34-28/h9-11,14-16,18H,5-8,12-13,17H2,1-4H3,(H,33,34). The zero-order valence-corrected chi connectivity index (χ0v) is 24.3. The van der Waals surface area contributed by atoms with Crippen LogP contribution in [0.25, 0.3) is 11.1 Å². The van der Waals surface area contributed by atoms with E-state index < -0.39 is 0 Å². The van der Waals surface area contributed by atoms with Crippen molar-refractivity contribution in [1.82, 2.24) is 28.8 Å². The van der Waals surface area contributed by atoms with Crippen molar-refractivity contribution in [2.45, 2.75) is 46.3 Å². The number of pyridine rings is 2. The Morgan fingerprint density at radius 3 is 2.64 bits per heavy atom. The number of fused-ring (bicyclic) bond motifs is 4. The van der Waals surface area contributed by atoms with E-state index in [4.69, 9.17) is 0 Å². The van der Waals surface area contributed by atoms with Gasteiger partial charge in [0, 0.05) is 74.1 Å². The highest BCUT2D eigenvalue weighted by Gasteiger charge is 2.37. The summed E-state index contributed by atoms with van der Waals surface area (Å²) in [5.74, 6) is 0.460. The van der Waals surface area contributed by atoms with Crippen LogP contribution in [0.1, 0.15) is 51.6 Å². The van der Waals surface area contributed by atoms with Gasteiger partial charge in [0.1, 0.15) is 11.4 Å². The second-order valence-corrected chi connectivity index (χ2v) is 12.5. The lowest BCUT2D eigenvalue weighted by Crippen LogP contribution is -2.41. The quantitative estimate of drug-likeness (QED) is 0.370. The number of aryl methyl sites for hydroxylation is 1. The SMILES string of the molecule is CN1CCn2nc(Nc3cc(-c4cncc(N5CCn6c(cc7c6CC(C)(C)C7)C5=O)c4C=O)cn(C)c3=O)cc2C1. The maximum Gasteiger partial charge on any atom is 0.275 e. The third kappa shape index (κ3) is 4.27. The summed E-state index contributed by atoms with van der Waals surface area (Å²) in [4.78, 5) is 47.8. The number of nitrogens with one attached hydrogen (secondary N) is 1. The minimum atomic E-state index is -0.221. The van der Waals surface area contributed by atoms with Crippen LogP contribution in [0, 0.1) is 5.41 Å². The van der Waals surface area contributed by atoms with Crippen molar-refractivity contribution in [1.29, 1.82) is 0 Å². The molecule has 4 aromatic heterocycles. The van der Waals surface area contributed by atoms with Crippen molar-refractivity contribution in [3.05, 3.63) is 75.4 Å². The summed E-state index contributed by atoms with van der Waals surface area (Å²) in [6.45, 7) is 8.10. The molecule has 1 N–H and O–H groups in total. The van der Waals surface area contributed by atoms with Gasteiger partial charge in [-0.15, -0.1) is 0 Å². The van der Waals surface area contributed by atoms with Crippen LogP contribution in [-0.4, -0.2) is 61.1 Å². The Labute approximate surface area is 243 Å². The molecular weight excluding hydrogens is 532 g/mol. The van der Waals surface area contributed by atoms with Gasteiger partial charge in [-0.1, -0.05) is 13.8 Å². The predicted octanol–water partition coefficient (Wildman–Crippen LogP) is 3.23. The number of rotatable bonds is 5. The van der Waals surface area contributed by atoms with Crippen LogP contribution in [-0.2, 0) is 39.5 Å². The summed E-state index contributed by atoms with van der Waals surface area (Å²) in [6.07, 6.45) is 7.55. The van der Waals surface area contributed by atoms with Crippen molar-refractivity contribution in [2.24, 2.45) is 12.5 Å². The van der Waals surface area contributed by atoms with E-state index >= 15 is 0 Å². The van der Waals surface area contributed by atoms with Gasteiger partial charge in [-0.25, -0.2) is 0 Å². The number of nitrogens with zero attached hydrogens (tertiary/aromatic N) is 7. The van der Waals surface area contributed by atoms with Gasteiger partial charge < -0.3 is 19.4 Å². The normalized spacial score (nSPS) is 17.6. The Kier molecular flexibility index (Phi) is 5.98. The maximum absolute atomic E-state index is 13.8. The van der Waals surface area contributed by atoms with Crippen LogP contribution in [0.3, 0.4) is 0 Å². The number of hydrogen-bond donors (Lipinski definition) is 1. The van der Waals surface area contributed by atoms with Gasteiger partial charge in [-0.05, 0) is 43.0 Å². The molecule has 0 saturated carbocycles. The minimum absolute atomic E-state index is 0.132. The molecule has 0 fully saturated rings. The van der Waals surface area contributed by atoms with Crippen molar-refractivity contribution in [3.63, 3.8) is 0 Å². The third-order valence-corrected chi connectivity index (χ3v) is 8.75. The first-order chi connectivity index (χ1) is 20.1. The number of hydrogen-bond acceptors (Lipinski definition) is 7. The fourth-order valence-corrected chi connectivity index (χ4v) is 6.71. The van der Waals surface area contributed by atoms with Gasteiger partial charge in [0.2, 0.25) is 0 Å². The van der Waals surface area contributed by atoms with E-state index in [0.29, 0.717) is 52.7 Å². The molecule has 3 aliphatic rings. The van der Waals surface area contributed by atoms with E-state index in [2.05, 4.69) is 45.8 Å². The molecule has 11 heteroatoms. The average Bonchev–Trinajstić information content (AvgIpc) is 3.60. The van der Waals surface area contributed by atoms with Crippen molar-refractivity contribution in [2.75, 3.05) is 30.4 Å². The fourth-order valence-electron chi connectivity index (χ4n) is 6.71.